The number of hydrogen-bond acceptors (Lipinski definition) is 2. The first-order chi connectivity index (χ1) is 8.83. The number of rotatable bonds is 9. The van der Waals surface area contributed by atoms with Gasteiger partial charge in [0.15, 0.2) is 0 Å². The maximum atomic E-state index is 5.71. The van der Waals surface area contributed by atoms with Gasteiger partial charge in [-0.15, -0.1) is 6.58 Å². The molecule has 0 spiro atoms. The van der Waals surface area contributed by atoms with Crippen molar-refractivity contribution in [2.24, 2.45) is 0 Å². The van der Waals surface area contributed by atoms with E-state index in [4.69, 9.17) is 4.74 Å². The minimum absolute atomic E-state index is 0.352. The summed E-state index contributed by atoms with van der Waals surface area (Å²) in [5.41, 5.74) is 1.26. The molecule has 1 N–H and O–H groups in total. The van der Waals surface area contributed by atoms with Gasteiger partial charge in [-0.1, -0.05) is 31.2 Å². The molecule has 18 heavy (non-hydrogen) atoms. The van der Waals surface area contributed by atoms with Crippen LogP contribution in [-0.4, -0.2) is 13.2 Å². The van der Waals surface area contributed by atoms with E-state index in [1.807, 2.05) is 25.1 Å². The summed E-state index contributed by atoms with van der Waals surface area (Å²) in [5.74, 6) is 0.998. The smallest absolute Gasteiger partial charge is 0.124 e. The van der Waals surface area contributed by atoms with Crippen molar-refractivity contribution in [1.29, 1.82) is 0 Å². The lowest BCUT2D eigenvalue weighted by Gasteiger charge is -2.21. The topological polar surface area (TPSA) is 21.3 Å². The minimum Gasteiger partial charge on any atom is -0.494 e. The van der Waals surface area contributed by atoms with Crippen LogP contribution in [0.1, 0.15) is 44.7 Å². The third kappa shape index (κ3) is 4.53. The van der Waals surface area contributed by atoms with Gasteiger partial charge in [-0.05, 0) is 38.8 Å². The molecule has 100 valence electrons. The average Bonchev–Trinajstić information content (AvgIpc) is 2.40. The normalized spacial score (nSPS) is 12.1. The first-order valence-electron chi connectivity index (χ1n) is 6.89. The molecule has 0 aliphatic carbocycles. The van der Waals surface area contributed by atoms with Gasteiger partial charge in [0, 0.05) is 11.6 Å². The largest absolute Gasteiger partial charge is 0.494 e. The second kappa shape index (κ2) is 8.76. The Labute approximate surface area is 111 Å². The molecule has 0 saturated carbocycles. The SMILES string of the molecule is C=CCCC(NCCC)c1ccccc1OCC. The molecular formula is C16H25NO. The maximum absolute atomic E-state index is 5.71. The zero-order valence-corrected chi connectivity index (χ0v) is 11.6. The molecule has 1 unspecified atom stereocenters. The zero-order chi connectivity index (χ0) is 13.2. The molecule has 0 saturated heterocycles. The summed E-state index contributed by atoms with van der Waals surface area (Å²) in [6.45, 7) is 9.75. The fourth-order valence-corrected chi connectivity index (χ4v) is 2.03. The second-order valence-corrected chi connectivity index (χ2v) is 4.34. The standard InChI is InChI=1S/C16H25NO/c1-4-7-11-15(17-13-5-2)14-10-8-9-12-16(14)18-6-3/h4,8-10,12,15,17H,1,5-7,11,13H2,2-3H3. The molecule has 1 rings (SSSR count). The third-order valence-corrected chi connectivity index (χ3v) is 2.89. The van der Waals surface area contributed by atoms with Crippen molar-refractivity contribution in [3.8, 4) is 5.75 Å². The molecule has 1 atom stereocenters. The number of ether oxygens (including phenoxy) is 1. The Morgan fingerprint density at radius 3 is 2.78 bits per heavy atom. The van der Waals surface area contributed by atoms with Gasteiger partial charge in [-0.2, -0.15) is 0 Å². The van der Waals surface area contributed by atoms with Crippen LogP contribution in [0.25, 0.3) is 0 Å². The summed E-state index contributed by atoms with van der Waals surface area (Å²) in [5, 5.41) is 3.59. The van der Waals surface area contributed by atoms with Crippen LogP contribution >= 0.6 is 0 Å². The molecule has 0 aromatic heterocycles. The first kappa shape index (κ1) is 14.8. The summed E-state index contributed by atoms with van der Waals surface area (Å²) >= 11 is 0. The third-order valence-electron chi connectivity index (χ3n) is 2.89. The summed E-state index contributed by atoms with van der Waals surface area (Å²) in [4.78, 5) is 0. The highest BCUT2D eigenvalue weighted by Gasteiger charge is 2.14. The molecule has 0 aliphatic heterocycles. The van der Waals surface area contributed by atoms with E-state index in [2.05, 4.69) is 31.0 Å². The minimum atomic E-state index is 0.352. The Morgan fingerprint density at radius 1 is 1.33 bits per heavy atom. The predicted molar refractivity (Wildman–Crippen MR) is 78.1 cm³/mol. The van der Waals surface area contributed by atoms with Crippen molar-refractivity contribution >= 4 is 0 Å². The highest BCUT2D eigenvalue weighted by atomic mass is 16.5. The van der Waals surface area contributed by atoms with E-state index in [0.29, 0.717) is 12.6 Å². The lowest BCUT2D eigenvalue weighted by Crippen LogP contribution is -2.22. The molecular weight excluding hydrogens is 222 g/mol. The van der Waals surface area contributed by atoms with E-state index in [-0.39, 0.29) is 0 Å². The van der Waals surface area contributed by atoms with Gasteiger partial charge in [0.25, 0.3) is 0 Å². The number of benzene rings is 1. The molecule has 1 aromatic carbocycles. The van der Waals surface area contributed by atoms with E-state index < -0.39 is 0 Å². The number of nitrogens with one attached hydrogen (secondary N) is 1. The first-order valence-corrected chi connectivity index (χ1v) is 6.89. The van der Waals surface area contributed by atoms with Crippen molar-refractivity contribution < 1.29 is 4.74 Å². The fourth-order valence-electron chi connectivity index (χ4n) is 2.03. The molecule has 0 fully saturated rings. The molecule has 0 heterocycles. The van der Waals surface area contributed by atoms with E-state index in [0.717, 1.165) is 31.6 Å². The fraction of sp³-hybridized carbons (Fsp3) is 0.500. The molecule has 0 radical (unpaired) electrons. The number of para-hydroxylation sites is 1. The van der Waals surface area contributed by atoms with Crippen molar-refractivity contribution in [2.75, 3.05) is 13.2 Å². The highest BCUT2D eigenvalue weighted by molar-refractivity contribution is 5.36. The lowest BCUT2D eigenvalue weighted by molar-refractivity contribution is 0.330. The molecule has 0 amide bonds. The lowest BCUT2D eigenvalue weighted by atomic mass is 10.0. The van der Waals surface area contributed by atoms with Gasteiger partial charge < -0.3 is 10.1 Å². The van der Waals surface area contributed by atoms with Crippen molar-refractivity contribution in [3.63, 3.8) is 0 Å². The summed E-state index contributed by atoms with van der Waals surface area (Å²) in [6.07, 6.45) is 5.20. The van der Waals surface area contributed by atoms with Crippen LogP contribution in [0.3, 0.4) is 0 Å². The summed E-state index contributed by atoms with van der Waals surface area (Å²) in [7, 11) is 0. The Kier molecular flexibility index (Phi) is 7.19. The van der Waals surface area contributed by atoms with Gasteiger partial charge in [0.05, 0.1) is 6.61 Å². The molecule has 2 heteroatoms. The van der Waals surface area contributed by atoms with Crippen LogP contribution in [0.5, 0.6) is 5.75 Å². The molecule has 2 nitrogen and oxygen atoms in total. The van der Waals surface area contributed by atoms with Gasteiger partial charge in [-0.25, -0.2) is 0 Å². The Balaban J connectivity index is 2.84. The summed E-state index contributed by atoms with van der Waals surface area (Å²) < 4.78 is 5.71. The maximum Gasteiger partial charge on any atom is 0.124 e. The molecule has 0 aliphatic rings. The quantitative estimate of drug-likeness (QED) is 0.664. The van der Waals surface area contributed by atoms with Gasteiger partial charge in [0.1, 0.15) is 5.75 Å². The number of hydrogen-bond donors (Lipinski definition) is 1. The summed E-state index contributed by atoms with van der Waals surface area (Å²) in [6, 6.07) is 8.66. The molecule has 1 aromatic rings. The van der Waals surface area contributed by atoms with E-state index in [1.165, 1.54) is 5.56 Å². The molecule has 0 bridgehead atoms. The highest BCUT2D eigenvalue weighted by Crippen LogP contribution is 2.28. The Hall–Kier alpha value is -1.28. The van der Waals surface area contributed by atoms with Crippen LogP contribution < -0.4 is 10.1 Å². The van der Waals surface area contributed by atoms with Crippen LogP contribution in [0.2, 0.25) is 0 Å². The predicted octanol–water partition coefficient (Wildman–Crippen LogP) is 4.09. The zero-order valence-electron chi connectivity index (χ0n) is 11.6. The second-order valence-electron chi connectivity index (χ2n) is 4.34. The number of allylic oxidation sites excluding steroid dienone is 1. The average molecular weight is 247 g/mol. The van der Waals surface area contributed by atoms with Crippen LogP contribution in [0, 0.1) is 0 Å². The van der Waals surface area contributed by atoms with Gasteiger partial charge in [-0.3, -0.25) is 0 Å². The van der Waals surface area contributed by atoms with Crippen molar-refractivity contribution in [1.82, 2.24) is 5.32 Å². The van der Waals surface area contributed by atoms with E-state index in [9.17, 15) is 0 Å². The van der Waals surface area contributed by atoms with E-state index >= 15 is 0 Å². The van der Waals surface area contributed by atoms with Crippen LogP contribution in [0.15, 0.2) is 36.9 Å². The Morgan fingerprint density at radius 2 is 2.11 bits per heavy atom. The van der Waals surface area contributed by atoms with Crippen LogP contribution in [-0.2, 0) is 0 Å². The van der Waals surface area contributed by atoms with E-state index in [1.54, 1.807) is 0 Å². The van der Waals surface area contributed by atoms with Crippen molar-refractivity contribution in [3.05, 3.63) is 42.5 Å². The Bertz CT molecular complexity index is 349. The van der Waals surface area contributed by atoms with Gasteiger partial charge >= 0.3 is 0 Å². The van der Waals surface area contributed by atoms with Crippen molar-refractivity contribution in [2.45, 2.75) is 39.2 Å². The van der Waals surface area contributed by atoms with Crippen LogP contribution in [0.4, 0.5) is 0 Å². The monoisotopic (exact) mass is 247 g/mol. The van der Waals surface area contributed by atoms with Gasteiger partial charge in [0.2, 0.25) is 0 Å².